The fraction of sp³-hybridized carbons (Fsp3) is 0.0667. The molecule has 7 N–H and O–H groups in total. The molecule has 1 heterocycles. The van der Waals surface area contributed by atoms with Crippen LogP contribution in [0.15, 0.2) is 158 Å². The Bertz CT molecular complexity index is 4780. The molecule has 33 heteroatoms. The summed E-state index contributed by atoms with van der Waals surface area (Å²) in [5.41, 5.74) is -0.150. The summed E-state index contributed by atoms with van der Waals surface area (Å²) in [4.78, 5) is -3.22. The molecule has 0 unspecified atom stereocenters. The summed E-state index contributed by atoms with van der Waals surface area (Å²) in [5, 5.41) is 55.2. The molecule has 0 saturated carbocycles. The van der Waals surface area contributed by atoms with Gasteiger partial charge in [0.25, 0.3) is 50.6 Å². The van der Waals surface area contributed by atoms with Crippen LogP contribution in [0.4, 0.5) is 34.1 Å². The number of aromatic hydroxyl groups is 2. The smallest absolute Gasteiger partial charge is 0.296 e. The first-order chi connectivity index (χ1) is 36.4. The molecule has 0 amide bonds. The van der Waals surface area contributed by atoms with Crippen molar-refractivity contribution in [1.29, 1.82) is 0 Å². The lowest BCUT2D eigenvalue weighted by molar-refractivity contribution is 0.413. The first kappa shape index (κ1) is 54.3. The molecule has 0 spiro atoms. The van der Waals surface area contributed by atoms with Gasteiger partial charge >= 0.3 is 0 Å². The number of phenols is 2. The van der Waals surface area contributed by atoms with Crippen LogP contribution in [-0.2, 0) is 50.6 Å². The van der Waals surface area contributed by atoms with E-state index in [0.29, 0.717) is 17.7 Å². The minimum Gasteiger partial charge on any atom is -0.506 e. The molecule has 28 nitrogen and oxygen atoms in total. The Morgan fingerprint density at radius 1 is 0.462 bits per heavy atom. The summed E-state index contributed by atoms with van der Waals surface area (Å²) in [7, 11) is -22.5. The fourth-order valence-corrected chi connectivity index (χ4v) is 11.2. The fourth-order valence-electron chi connectivity index (χ4n) is 7.90. The van der Waals surface area contributed by atoms with Gasteiger partial charge in [-0.05, 0) is 96.1 Å². The highest BCUT2D eigenvalue weighted by Crippen LogP contribution is 2.46. The quantitative estimate of drug-likeness (QED) is 0.0394. The van der Waals surface area contributed by atoms with E-state index in [4.69, 9.17) is 9.47 Å². The average molecular weight is 1160 g/mol. The molecule has 78 heavy (non-hydrogen) atoms. The maximum atomic E-state index is 12.8. The highest BCUT2D eigenvalue weighted by Gasteiger charge is 2.26. The summed E-state index contributed by atoms with van der Waals surface area (Å²) < 4.78 is 182. The minimum atomic E-state index is -5.19. The van der Waals surface area contributed by atoms with Gasteiger partial charge in [-0.2, -0.15) is 57.1 Å². The van der Waals surface area contributed by atoms with Gasteiger partial charge in [0.05, 0.1) is 41.1 Å². The lowest BCUT2D eigenvalue weighted by atomic mass is 10.1. The number of rotatable bonds is 14. The molecule has 9 aromatic rings. The third kappa shape index (κ3) is 10.6. The number of azo groups is 3. The van der Waals surface area contributed by atoms with Crippen LogP contribution >= 0.6 is 0 Å². The van der Waals surface area contributed by atoms with Crippen molar-refractivity contribution in [2.45, 2.75) is 31.4 Å². The maximum Gasteiger partial charge on any atom is 0.296 e. The van der Waals surface area contributed by atoms with Gasteiger partial charge in [0.2, 0.25) is 0 Å². The molecule has 402 valence electrons. The lowest BCUT2D eigenvalue weighted by Crippen LogP contribution is -2.04. The van der Waals surface area contributed by atoms with Crippen LogP contribution in [0.5, 0.6) is 23.0 Å². The van der Waals surface area contributed by atoms with E-state index in [2.05, 4.69) is 40.9 Å². The number of methoxy groups -OCH3 is 2. The van der Waals surface area contributed by atoms with Crippen molar-refractivity contribution < 1.29 is 84.5 Å². The van der Waals surface area contributed by atoms with Gasteiger partial charge in [-0.25, -0.2) is 0 Å². The Kier molecular flexibility index (Phi) is 13.6. The van der Waals surface area contributed by atoms with Crippen LogP contribution in [0.1, 0.15) is 5.56 Å². The molecular formula is C45H33N9O19S5. The van der Waals surface area contributed by atoms with E-state index in [1.54, 1.807) is 6.92 Å². The van der Waals surface area contributed by atoms with Crippen LogP contribution < -0.4 is 9.47 Å². The summed E-state index contributed by atoms with van der Waals surface area (Å²) in [5.74, 6) is -1.33. The third-order valence-electron chi connectivity index (χ3n) is 11.6. The molecule has 0 aliphatic heterocycles. The van der Waals surface area contributed by atoms with Crippen molar-refractivity contribution in [3.63, 3.8) is 0 Å². The predicted molar refractivity (Wildman–Crippen MR) is 273 cm³/mol. The second-order valence-electron chi connectivity index (χ2n) is 16.5. The number of benzene rings is 8. The number of aryl methyl sites for hydroxylation is 1. The summed E-state index contributed by atoms with van der Waals surface area (Å²) in [6, 6.07) is 19.6. The van der Waals surface area contributed by atoms with E-state index in [9.17, 15) is 75.1 Å². The van der Waals surface area contributed by atoms with Crippen LogP contribution in [0.3, 0.4) is 0 Å². The molecule has 8 aromatic carbocycles. The highest BCUT2D eigenvalue weighted by molar-refractivity contribution is 7.87. The van der Waals surface area contributed by atoms with Crippen LogP contribution in [0.2, 0.25) is 0 Å². The number of nitrogens with zero attached hydrogens (tertiary/aromatic N) is 9. The van der Waals surface area contributed by atoms with E-state index in [1.807, 2.05) is 0 Å². The average Bonchev–Trinajstić information content (AvgIpc) is 3.93. The van der Waals surface area contributed by atoms with Crippen molar-refractivity contribution in [2.75, 3.05) is 14.2 Å². The van der Waals surface area contributed by atoms with E-state index >= 15 is 0 Å². The number of fused-ring (bicyclic) bond motifs is 5. The first-order valence-electron chi connectivity index (χ1n) is 21.4. The Hall–Kier alpha value is -8.51. The van der Waals surface area contributed by atoms with Crippen molar-refractivity contribution in [3.05, 3.63) is 109 Å². The molecule has 0 saturated heterocycles. The maximum absolute atomic E-state index is 12.8. The number of phenolic OH excluding ortho intramolecular Hbond substituents is 2. The van der Waals surface area contributed by atoms with Gasteiger partial charge in [-0.15, -0.1) is 30.7 Å². The molecule has 0 aliphatic rings. The SMILES string of the molecule is COc1cc(N=Nc2ccc3cc(S(=O)(=O)O)cc(S(=O)(=O)O)c3c2)c(C)cc1N=Nc1cc(O)c(N=Nc2c(S(=O)(=O)O)cc3cc(-n4nc5ccc6c(S(=O)(=O)O)cc(S(=O)(=O)O)cc6c5n4)ccc3c2O)cc1OC. The monoisotopic (exact) mass is 1160 g/mol. The van der Waals surface area contributed by atoms with Crippen molar-refractivity contribution in [3.8, 4) is 28.7 Å². The highest BCUT2D eigenvalue weighted by atomic mass is 32.2. The van der Waals surface area contributed by atoms with Gasteiger partial charge in [-0.3, -0.25) is 22.8 Å². The van der Waals surface area contributed by atoms with Crippen molar-refractivity contribution in [1.82, 2.24) is 15.0 Å². The van der Waals surface area contributed by atoms with Gasteiger partial charge in [0.15, 0.2) is 5.75 Å². The lowest BCUT2D eigenvalue weighted by Gasteiger charge is -2.11. The summed E-state index contributed by atoms with van der Waals surface area (Å²) >= 11 is 0. The normalized spacial score (nSPS) is 13.1. The summed E-state index contributed by atoms with van der Waals surface area (Å²) in [6.07, 6.45) is 0. The zero-order valence-corrected chi connectivity index (χ0v) is 43.5. The first-order valence-corrected chi connectivity index (χ1v) is 28.6. The standard InChI is InChI=1S/C45H33N9O19S5/c1-21-10-35(38(72-2)19-33(21)47-46-24-5-4-22-12-26(74(57,58)59)16-41(30(22)14-24)77(66,67)68)49-50-36-18-37(55)34(20-39(36)73-3)48-51-44-42(78(69,70)71)13-23-11-25(6-7-28(23)45(44)56)54-52-32-9-8-29-31(43(32)53-54)15-27(75(60,61)62)17-40(29)76(63,64)65/h4-20,55-56H,1-3H3,(H,57,58,59)(H,60,61,62)(H,63,64,65)(H,66,67,68)(H,69,70,71). The molecule has 0 bridgehead atoms. The number of hydrogen-bond acceptors (Lipinski definition) is 22. The predicted octanol–water partition coefficient (Wildman–Crippen LogP) is 9.10. The van der Waals surface area contributed by atoms with E-state index in [-0.39, 0.29) is 89.0 Å². The largest absolute Gasteiger partial charge is 0.506 e. The Labute approximate surface area is 439 Å². The summed E-state index contributed by atoms with van der Waals surface area (Å²) in [6.45, 7) is 1.64. The zero-order valence-electron chi connectivity index (χ0n) is 39.4. The van der Waals surface area contributed by atoms with Crippen LogP contribution in [0.25, 0.3) is 49.0 Å². The van der Waals surface area contributed by atoms with Gasteiger partial charge < -0.3 is 19.7 Å². The van der Waals surface area contributed by atoms with Gasteiger partial charge in [0, 0.05) is 39.7 Å². The Balaban J connectivity index is 1.00. The molecule has 0 aliphatic carbocycles. The number of aromatic nitrogens is 3. The van der Waals surface area contributed by atoms with E-state index < -0.39 is 92.3 Å². The molecule has 0 fully saturated rings. The molecule has 1 aromatic heterocycles. The van der Waals surface area contributed by atoms with Crippen molar-refractivity contribution in [2.24, 2.45) is 30.7 Å². The van der Waals surface area contributed by atoms with Gasteiger partial charge in [-0.1, -0.05) is 12.1 Å². The number of hydrogen-bond donors (Lipinski definition) is 7. The van der Waals surface area contributed by atoms with Gasteiger partial charge in [0.1, 0.15) is 65.7 Å². The molecule has 9 rings (SSSR count). The molecular weight excluding hydrogens is 1130 g/mol. The van der Waals surface area contributed by atoms with Crippen LogP contribution in [0, 0.1) is 6.92 Å². The van der Waals surface area contributed by atoms with E-state index in [0.717, 1.165) is 35.1 Å². The Morgan fingerprint density at radius 3 is 1.64 bits per heavy atom. The Morgan fingerprint density at radius 2 is 1.03 bits per heavy atom. The third-order valence-corrected chi connectivity index (χ3v) is 15.9. The van der Waals surface area contributed by atoms with Crippen molar-refractivity contribution >= 4 is 128 Å². The van der Waals surface area contributed by atoms with Crippen LogP contribution in [-0.4, -0.2) is 104 Å². The second kappa shape index (κ2) is 19.5. The zero-order chi connectivity index (χ0) is 56.6. The van der Waals surface area contributed by atoms with E-state index in [1.165, 1.54) is 74.9 Å². The topological polar surface area (TPSA) is 436 Å². The second-order valence-corrected chi connectivity index (χ2v) is 23.6. The minimum absolute atomic E-state index is 0.0293. The molecule has 0 radical (unpaired) electrons. The number of ether oxygens (including phenoxy) is 2. The molecule has 0 atom stereocenters.